The van der Waals surface area contributed by atoms with Gasteiger partial charge >= 0.3 is 0 Å². The molecule has 0 aliphatic heterocycles. The molecule has 1 aromatic carbocycles. The van der Waals surface area contributed by atoms with Crippen LogP contribution >= 0.6 is 15.9 Å². The van der Waals surface area contributed by atoms with E-state index in [9.17, 15) is 0 Å². The molecule has 19 heavy (non-hydrogen) atoms. The molecule has 1 aromatic heterocycles. The van der Waals surface area contributed by atoms with E-state index in [2.05, 4.69) is 27.8 Å². The highest BCUT2D eigenvalue weighted by atomic mass is 79.9. The molecular formula is C15H21BrN2O. The van der Waals surface area contributed by atoms with Crippen molar-refractivity contribution in [2.45, 2.75) is 39.0 Å². The third-order valence-corrected chi connectivity index (χ3v) is 4.07. The molecule has 4 heteroatoms. The molecule has 2 aromatic rings. The second kappa shape index (κ2) is 7.06. The Labute approximate surface area is 122 Å². The minimum atomic E-state index is 0.688. The zero-order valence-corrected chi connectivity index (χ0v) is 12.9. The average molecular weight is 325 g/mol. The van der Waals surface area contributed by atoms with Crippen LogP contribution in [0.1, 0.15) is 38.5 Å². The van der Waals surface area contributed by atoms with Crippen molar-refractivity contribution in [3.05, 3.63) is 28.6 Å². The van der Waals surface area contributed by atoms with Crippen LogP contribution in [0, 0.1) is 5.92 Å². The van der Waals surface area contributed by atoms with Crippen molar-refractivity contribution in [1.82, 2.24) is 4.98 Å². The first-order valence-corrected chi connectivity index (χ1v) is 7.78. The van der Waals surface area contributed by atoms with Crippen molar-refractivity contribution >= 4 is 27.0 Å². The average Bonchev–Trinajstić information content (AvgIpc) is 2.81. The van der Waals surface area contributed by atoms with E-state index in [-0.39, 0.29) is 0 Å². The maximum absolute atomic E-state index is 5.82. The molecule has 0 aliphatic carbocycles. The molecule has 0 bridgehead atoms. The van der Waals surface area contributed by atoms with Gasteiger partial charge < -0.3 is 10.2 Å². The summed E-state index contributed by atoms with van der Waals surface area (Å²) in [6.45, 7) is 2.99. The number of hydrogen-bond donors (Lipinski definition) is 1. The number of benzene rings is 1. The summed E-state index contributed by atoms with van der Waals surface area (Å²) in [6.07, 6.45) is 5.55. The fourth-order valence-corrected chi connectivity index (χ4v) is 2.91. The van der Waals surface area contributed by atoms with Gasteiger partial charge in [-0.25, -0.2) is 4.98 Å². The van der Waals surface area contributed by atoms with Gasteiger partial charge in [-0.2, -0.15) is 0 Å². The quantitative estimate of drug-likeness (QED) is 0.826. The number of nitrogens with zero attached hydrogens (tertiary/aromatic N) is 1. The highest BCUT2D eigenvalue weighted by Gasteiger charge is 2.12. The van der Waals surface area contributed by atoms with Gasteiger partial charge in [-0.3, -0.25) is 0 Å². The van der Waals surface area contributed by atoms with Gasteiger partial charge in [0.2, 0.25) is 0 Å². The second-order valence-electron chi connectivity index (χ2n) is 4.97. The van der Waals surface area contributed by atoms with Crippen molar-refractivity contribution in [1.29, 1.82) is 0 Å². The van der Waals surface area contributed by atoms with Crippen LogP contribution in [0.4, 0.5) is 0 Å². The molecule has 0 spiro atoms. The number of hydrogen-bond acceptors (Lipinski definition) is 3. The summed E-state index contributed by atoms with van der Waals surface area (Å²) < 4.78 is 6.78. The fraction of sp³-hybridized carbons (Fsp3) is 0.533. The standard InChI is InChI=1S/C15H21BrN2O/c1-2-4-11(9-10-17)7-8-14-18-13-6-3-5-12(16)15(13)19-14/h3,5-6,11H,2,4,7-10,17H2,1H3. The van der Waals surface area contributed by atoms with Gasteiger partial charge in [-0.1, -0.05) is 25.8 Å². The number of para-hydroxylation sites is 1. The lowest BCUT2D eigenvalue weighted by molar-refractivity contribution is 0.398. The summed E-state index contributed by atoms with van der Waals surface area (Å²) in [5.74, 6) is 1.52. The number of nitrogens with two attached hydrogens (primary N) is 1. The number of rotatable bonds is 7. The van der Waals surface area contributed by atoms with Crippen molar-refractivity contribution in [3.8, 4) is 0 Å². The summed E-state index contributed by atoms with van der Waals surface area (Å²) in [6, 6.07) is 5.94. The molecule has 1 unspecified atom stereocenters. The molecule has 1 heterocycles. The highest BCUT2D eigenvalue weighted by molar-refractivity contribution is 9.10. The van der Waals surface area contributed by atoms with Gasteiger partial charge in [-0.05, 0) is 53.4 Å². The minimum absolute atomic E-state index is 0.688. The van der Waals surface area contributed by atoms with Crippen LogP contribution in [0.15, 0.2) is 27.1 Å². The Kier molecular flexibility index (Phi) is 5.40. The molecule has 2 rings (SSSR count). The van der Waals surface area contributed by atoms with E-state index in [0.29, 0.717) is 5.92 Å². The van der Waals surface area contributed by atoms with Gasteiger partial charge in [0.15, 0.2) is 11.5 Å². The summed E-state index contributed by atoms with van der Waals surface area (Å²) in [5.41, 5.74) is 7.44. The Morgan fingerprint density at radius 1 is 1.32 bits per heavy atom. The van der Waals surface area contributed by atoms with Crippen molar-refractivity contribution in [2.75, 3.05) is 6.54 Å². The predicted octanol–water partition coefficient (Wildman–Crippen LogP) is 4.29. The summed E-state index contributed by atoms with van der Waals surface area (Å²) in [5, 5.41) is 0. The van der Waals surface area contributed by atoms with Crippen LogP contribution in [0.2, 0.25) is 0 Å². The zero-order valence-electron chi connectivity index (χ0n) is 11.4. The largest absolute Gasteiger partial charge is 0.440 e. The molecular weight excluding hydrogens is 304 g/mol. The number of aryl methyl sites for hydroxylation is 1. The first kappa shape index (κ1) is 14.5. The monoisotopic (exact) mass is 324 g/mol. The molecule has 0 amide bonds. The molecule has 0 aliphatic rings. The Hall–Kier alpha value is -0.870. The van der Waals surface area contributed by atoms with E-state index >= 15 is 0 Å². The van der Waals surface area contributed by atoms with Gasteiger partial charge in [0.05, 0.1) is 4.47 Å². The Morgan fingerprint density at radius 2 is 2.16 bits per heavy atom. The molecule has 0 radical (unpaired) electrons. The summed E-state index contributed by atoms with van der Waals surface area (Å²) in [7, 11) is 0. The van der Waals surface area contributed by atoms with Gasteiger partial charge in [0.25, 0.3) is 0 Å². The molecule has 0 fully saturated rings. The molecule has 3 nitrogen and oxygen atoms in total. The van der Waals surface area contributed by atoms with E-state index in [4.69, 9.17) is 10.2 Å². The topological polar surface area (TPSA) is 52.0 Å². The Balaban J connectivity index is 2.02. The Morgan fingerprint density at radius 3 is 2.84 bits per heavy atom. The predicted molar refractivity (Wildman–Crippen MR) is 82.1 cm³/mol. The van der Waals surface area contributed by atoms with Gasteiger partial charge in [0.1, 0.15) is 5.52 Å². The minimum Gasteiger partial charge on any atom is -0.440 e. The van der Waals surface area contributed by atoms with Crippen LogP contribution in [-0.2, 0) is 6.42 Å². The third kappa shape index (κ3) is 3.80. The number of oxazole rings is 1. The fourth-order valence-electron chi connectivity index (χ4n) is 2.47. The highest BCUT2D eigenvalue weighted by Crippen LogP contribution is 2.26. The zero-order chi connectivity index (χ0) is 13.7. The van der Waals surface area contributed by atoms with Crippen molar-refractivity contribution in [3.63, 3.8) is 0 Å². The van der Waals surface area contributed by atoms with E-state index in [1.54, 1.807) is 0 Å². The number of halogens is 1. The smallest absolute Gasteiger partial charge is 0.195 e. The van der Waals surface area contributed by atoms with E-state index in [1.165, 1.54) is 12.8 Å². The third-order valence-electron chi connectivity index (χ3n) is 3.45. The maximum Gasteiger partial charge on any atom is 0.195 e. The van der Waals surface area contributed by atoms with Crippen LogP contribution in [-0.4, -0.2) is 11.5 Å². The SMILES string of the molecule is CCCC(CCN)CCc1nc2cccc(Br)c2o1. The van der Waals surface area contributed by atoms with Crippen molar-refractivity contribution < 1.29 is 4.42 Å². The maximum atomic E-state index is 5.82. The normalized spacial score (nSPS) is 13.0. The van der Waals surface area contributed by atoms with E-state index in [0.717, 1.165) is 47.3 Å². The lowest BCUT2D eigenvalue weighted by Crippen LogP contribution is -2.09. The molecule has 104 valence electrons. The molecule has 1 atom stereocenters. The van der Waals surface area contributed by atoms with Crippen LogP contribution in [0.3, 0.4) is 0 Å². The summed E-state index contributed by atoms with van der Waals surface area (Å²) in [4.78, 5) is 4.54. The second-order valence-corrected chi connectivity index (χ2v) is 5.82. The number of aromatic nitrogens is 1. The Bertz CT molecular complexity index is 518. The van der Waals surface area contributed by atoms with E-state index < -0.39 is 0 Å². The van der Waals surface area contributed by atoms with Gasteiger partial charge in [-0.15, -0.1) is 0 Å². The van der Waals surface area contributed by atoms with Crippen LogP contribution in [0.5, 0.6) is 0 Å². The molecule has 0 saturated heterocycles. The number of fused-ring (bicyclic) bond motifs is 1. The van der Waals surface area contributed by atoms with Crippen LogP contribution in [0.25, 0.3) is 11.1 Å². The molecule has 0 saturated carbocycles. The first-order valence-electron chi connectivity index (χ1n) is 6.98. The lowest BCUT2D eigenvalue weighted by Gasteiger charge is -2.13. The van der Waals surface area contributed by atoms with E-state index in [1.807, 2.05) is 18.2 Å². The van der Waals surface area contributed by atoms with Crippen LogP contribution < -0.4 is 5.73 Å². The van der Waals surface area contributed by atoms with Crippen molar-refractivity contribution in [2.24, 2.45) is 11.7 Å². The summed E-state index contributed by atoms with van der Waals surface area (Å²) >= 11 is 3.49. The van der Waals surface area contributed by atoms with Gasteiger partial charge in [0, 0.05) is 6.42 Å². The molecule has 2 N–H and O–H groups in total. The first-order chi connectivity index (χ1) is 9.24. The lowest BCUT2D eigenvalue weighted by atomic mass is 9.94.